The van der Waals surface area contributed by atoms with Crippen LogP contribution >= 0.6 is 0 Å². The van der Waals surface area contributed by atoms with E-state index in [1.807, 2.05) is 0 Å². The standard InChI is InChI=1S/C115H86N4Si/c1-111(2)86-43-16-12-38-78(86)80-64-62-75(69-97(80)111)116(74-35-10-9-11-36-74)104-58-31-50-93-107(104)113(5,6)88-45-18-19-46-89(88)114(93)90-47-20-25-56-102(90)119-101-66-61-72(68-85(101)84-42-30-51-94(114)109(84)119)71-33-28-34-73(67-71)77-37-14-23-54-99(77)117(76-63-65-81-79-39-13-17-44-87(79)112(3,4)98(81)70-76)105-59-32-53-96-110(105)120(7,8)106-60-27-22-49-92(106)115(96)91-48-21-26-57-103(91)118-100-55-24-15-40-82(100)83-41-29-52-95(115)108(83)118/h9-70H,1-8H3. The lowest BCUT2D eigenvalue weighted by Gasteiger charge is -2.51. The van der Waals surface area contributed by atoms with Crippen molar-refractivity contribution in [2.45, 2.75) is 81.7 Å². The second kappa shape index (κ2) is 24.4. The van der Waals surface area contributed by atoms with Crippen molar-refractivity contribution in [3.8, 4) is 55.9 Å². The summed E-state index contributed by atoms with van der Waals surface area (Å²) in [6, 6.07) is 145. The Bertz CT molecular complexity index is 7710. The molecule has 25 rings (SSSR count). The van der Waals surface area contributed by atoms with Gasteiger partial charge in [-0.05, 0) is 218 Å². The zero-order valence-corrected chi connectivity index (χ0v) is 69.6. The Hall–Kier alpha value is -13.8. The fourth-order valence-electron chi connectivity index (χ4n) is 24.3. The Labute approximate surface area is 701 Å². The number of benzene rings is 17. The molecular formula is C115H86N4Si. The topological polar surface area (TPSA) is 16.3 Å². The summed E-state index contributed by atoms with van der Waals surface area (Å²) in [7, 11) is -2.70. The van der Waals surface area contributed by atoms with Crippen LogP contribution in [0.5, 0.6) is 0 Å². The summed E-state index contributed by atoms with van der Waals surface area (Å²) in [5.74, 6) is 0. The van der Waals surface area contributed by atoms with Crippen LogP contribution in [0.2, 0.25) is 13.1 Å². The summed E-state index contributed by atoms with van der Waals surface area (Å²) >= 11 is 0. The summed E-state index contributed by atoms with van der Waals surface area (Å²) in [6.07, 6.45) is 0. The smallest absolute Gasteiger partial charge is 0.115 e. The SMILES string of the molecule is CC1(C)c2ccccc2-c2ccc(N(c3ccccc3)c3cccc4c3C(C)(C)c3ccccc3C43c4ccccc4-n4c5ccc(-c6cccc(-c7ccccc7N(c7ccc8c(c7)C(C)(C)c7ccccc7-8)c7cccc8c7[Si](C)(C)c7ccccc7C87c8ccccc8-n8c9ccccc9c9cccc7c98)c6)cc5c5cccc3c54)cc21. The van der Waals surface area contributed by atoms with Crippen molar-refractivity contribution in [1.29, 1.82) is 0 Å². The number of para-hydroxylation sites is 7. The predicted molar refractivity (Wildman–Crippen MR) is 503 cm³/mol. The van der Waals surface area contributed by atoms with E-state index in [0.717, 1.165) is 39.4 Å². The molecule has 0 bridgehead atoms. The molecule has 2 unspecified atom stereocenters. The summed E-state index contributed by atoms with van der Waals surface area (Å²) in [6.45, 7) is 19.8. The lowest BCUT2D eigenvalue weighted by atomic mass is 9.53. The Morgan fingerprint density at radius 1 is 0.242 bits per heavy atom. The normalized spacial score (nSPS) is 17.3. The lowest BCUT2D eigenvalue weighted by Crippen LogP contribution is -2.64. The number of hydrogen-bond donors (Lipinski definition) is 0. The molecule has 17 aromatic carbocycles. The summed E-state index contributed by atoms with van der Waals surface area (Å²) < 4.78 is 5.18. The van der Waals surface area contributed by atoms with Gasteiger partial charge in [0.1, 0.15) is 8.07 Å². The van der Waals surface area contributed by atoms with Gasteiger partial charge in [0.05, 0.1) is 55.6 Å². The van der Waals surface area contributed by atoms with Gasteiger partial charge in [0, 0.05) is 66.1 Å². The molecule has 0 saturated carbocycles. The maximum absolute atomic E-state index is 2.70. The van der Waals surface area contributed by atoms with E-state index in [2.05, 4.69) is 450 Å². The Balaban J connectivity index is 0.676. The molecule has 120 heavy (non-hydrogen) atoms. The van der Waals surface area contributed by atoms with E-state index in [9.17, 15) is 0 Å². The largest absolute Gasteiger partial charge is 0.310 e. The first-order valence-electron chi connectivity index (χ1n) is 42.7. The molecule has 0 fully saturated rings. The number of hydrogen-bond acceptors (Lipinski definition) is 2. The maximum Gasteiger partial charge on any atom is 0.115 e. The van der Waals surface area contributed by atoms with E-state index in [1.54, 1.807) is 0 Å². The van der Waals surface area contributed by atoms with Gasteiger partial charge in [-0.25, -0.2) is 0 Å². The number of fused-ring (bicyclic) bond motifs is 28. The van der Waals surface area contributed by atoms with Crippen LogP contribution in [0.25, 0.3) is 99.5 Å². The van der Waals surface area contributed by atoms with Crippen molar-refractivity contribution in [2.24, 2.45) is 0 Å². The average molecular weight is 1550 g/mol. The van der Waals surface area contributed by atoms with E-state index < -0.39 is 24.3 Å². The van der Waals surface area contributed by atoms with Crippen molar-refractivity contribution in [1.82, 2.24) is 9.13 Å². The first-order chi connectivity index (χ1) is 58.6. The minimum absolute atomic E-state index is 0.183. The highest BCUT2D eigenvalue weighted by Gasteiger charge is 2.57. The van der Waals surface area contributed by atoms with E-state index in [-0.39, 0.29) is 10.8 Å². The minimum atomic E-state index is -2.70. The first kappa shape index (κ1) is 69.3. The van der Waals surface area contributed by atoms with Crippen LogP contribution in [0.4, 0.5) is 34.1 Å². The van der Waals surface area contributed by atoms with Crippen molar-refractivity contribution >= 4 is 96.2 Å². The zero-order chi connectivity index (χ0) is 80.2. The highest BCUT2D eigenvalue weighted by Crippen LogP contribution is 2.65. The molecule has 2 aromatic heterocycles. The van der Waals surface area contributed by atoms with E-state index in [4.69, 9.17) is 0 Å². The van der Waals surface area contributed by atoms with Crippen molar-refractivity contribution in [3.63, 3.8) is 0 Å². The molecule has 0 amide bonds. The van der Waals surface area contributed by atoms with Gasteiger partial charge in [-0.15, -0.1) is 0 Å². The second-order valence-corrected chi connectivity index (χ2v) is 40.8. The molecule has 2 atom stereocenters. The van der Waals surface area contributed by atoms with Gasteiger partial charge in [0.15, 0.2) is 0 Å². The third-order valence-electron chi connectivity index (χ3n) is 29.3. The van der Waals surface area contributed by atoms with Crippen LogP contribution < -0.4 is 20.2 Å². The Kier molecular flexibility index (Phi) is 14.1. The molecule has 3 aliphatic carbocycles. The minimum Gasteiger partial charge on any atom is -0.310 e. The number of nitrogens with zero attached hydrogens (tertiary/aromatic N) is 4. The quantitative estimate of drug-likeness (QED) is 0.141. The number of anilines is 6. The molecule has 6 aliphatic rings. The monoisotopic (exact) mass is 1550 g/mol. The molecule has 570 valence electrons. The van der Waals surface area contributed by atoms with Gasteiger partial charge in [0.25, 0.3) is 0 Å². The predicted octanol–water partition coefficient (Wildman–Crippen LogP) is 27.9. The molecule has 3 aliphatic heterocycles. The van der Waals surface area contributed by atoms with E-state index in [1.165, 1.54) is 182 Å². The summed E-state index contributed by atoms with van der Waals surface area (Å²) in [4.78, 5) is 5.25. The van der Waals surface area contributed by atoms with Crippen LogP contribution in [-0.2, 0) is 27.1 Å². The maximum atomic E-state index is 2.69. The molecule has 2 spiro atoms. The molecule has 0 saturated heterocycles. The molecule has 0 radical (unpaired) electrons. The van der Waals surface area contributed by atoms with Crippen LogP contribution in [-0.4, -0.2) is 17.2 Å². The molecule has 5 heteroatoms. The van der Waals surface area contributed by atoms with Crippen molar-refractivity contribution in [3.05, 3.63) is 454 Å². The average Bonchev–Trinajstić information content (AvgIpc) is 1.14. The molecule has 5 heterocycles. The van der Waals surface area contributed by atoms with Crippen LogP contribution in [0.3, 0.4) is 0 Å². The van der Waals surface area contributed by atoms with Crippen LogP contribution in [0.1, 0.15) is 119 Å². The van der Waals surface area contributed by atoms with Crippen LogP contribution in [0.15, 0.2) is 376 Å². The van der Waals surface area contributed by atoms with Crippen LogP contribution in [0, 0.1) is 0 Å². The number of aromatic nitrogens is 2. The van der Waals surface area contributed by atoms with Crippen molar-refractivity contribution in [2.75, 3.05) is 9.80 Å². The molecule has 19 aromatic rings. The first-order valence-corrected chi connectivity index (χ1v) is 45.7. The van der Waals surface area contributed by atoms with Crippen molar-refractivity contribution < 1.29 is 0 Å². The summed E-state index contributed by atoms with van der Waals surface area (Å²) in [5.41, 5.74) is 40.6. The van der Waals surface area contributed by atoms with Gasteiger partial charge < -0.3 is 18.9 Å². The lowest BCUT2D eigenvalue weighted by molar-refractivity contribution is 0.557. The number of rotatable bonds is 8. The van der Waals surface area contributed by atoms with Gasteiger partial charge in [-0.3, -0.25) is 0 Å². The molecular weight excluding hydrogens is 1470 g/mol. The molecule has 4 nitrogen and oxygen atoms in total. The summed E-state index contributed by atoms with van der Waals surface area (Å²) in [5, 5.41) is 7.93. The Morgan fingerprint density at radius 3 is 1.35 bits per heavy atom. The van der Waals surface area contributed by atoms with Gasteiger partial charge in [0.2, 0.25) is 0 Å². The highest BCUT2D eigenvalue weighted by atomic mass is 28.3. The molecule has 0 N–H and O–H groups in total. The fourth-order valence-corrected chi connectivity index (χ4v) is 27.8. The Morgan fingerprint density at radius 2 is 0.683 bits per heavy atom. The third kappa shape index (κ3) is 8.79. The second-order valence-electron chi connectivity index (χ2n) is 36.5. The van der Waals surface area contributed by atoms with Gasteiger partial charge in [-0.2, -0.15) is 0 Å². The highest BCUT2D eigenvalue weighted by molar-refractivity contribution is 7.02. The third-order valence-corrected chi connectivity index (χ3v) is 32.9. The zero-order valence-electron chi connectivity index (χ0n) is 68.6. The van der Waals surface area contributed by atoms with E-state index in [0.29, 0.717) is 0 Å². The van der Waals surface area contributed by atoms with Gasteiger partial charge >= 0.3 is 0 Å². The van der Waals surface area contributed by atoms with E-state index >= 15 is 0 Å². The fraction of sp³-hybridized carbons (Fsp3) is 0.113. The van der Waals surface area contributed by atoms with Gasteiger partial charge in [-0.1, -0.05) is 340 Å².